The minimum atomic E-state index is -2.57. The van der Waals surface area contributed by atoms with Crippen LogP contribution in [0.1, 0.15) is 25.7 Å². The topological polar surface area (TPSA) is 69.1 Å². The van der Waals surface area contributed by atoms with Gasteiger partial charge in [0.1, 0.15) is 0 Å². The van der Waals surface area contributed by atoms with Gasteiger partial charge in [0, 0.05) is 12.8 Å². The summed E-state index contributed by atoms with van der Waals surface area (Å²) in [5, 5.41) is 0. The van der Waals surface area contributed by atoms with Crippen LogP contribution < -0.4 is 11.5 Å². The molecule has 5 heteroatoms. The van der Waals surface area contributed by atoms with Gasteiger partial charge in [0.2, 0.25) is 11.8 Å². The van der Waals surface area contributed by atoms with Crippen molar-refractivity contribution in [3.63, 3.8) is 0 Å². The van der Waals surface area contributed by atoms with Crippen LogP contribution in [0.5, 0.6) is 0 Å². The number of primary amides is 1. The van der Waals surface area contributed by atoms with Crippen molar-refractivity contribution < 1.29 is 13.6 Å². The number of amides is 1. The number of hydrogen-bond acceptors (Lipinski definition) is 2. The minimum Gasteiger partial charge on any atom is -0.368 e. The molecule has 0 saturated heterocycles. The Labute approximate surface area is 75.5 Å². The Kier molecular flexibility index (Phi) is 2.85. The van der Waals surface area contributed by atoms with Crippen molar-refractivity contribution in [2.45, 2.75) is 37.6 Å². The molecular formula is C8H14F2N2O. The Morgan fingerprint density at radius 2 is 2.23 bits per heavy atom. The van der Waals surface area contributed by atoms with Gasteiger partial charge in [-0.15, -0.1) is 0 Å². The van der Waals surface area contributed by atoms with Crippen molar-refractivity contribution in [1.82, 2.24) is 0 Å². The molecule has 4 N–H and O–H groups in total. The van der Waals surface area contributed by atoms with Crippen LogP contribution in [0.15, 0.2) is 0 Å². The summed E-state index contributed by atoms with van der Waals surface area (Å²) in [6, 6.07) is -0.779. The van der Waals surface area contributed by atoms with Crippen molar-refractivity contribution in [2.75, 3.05) is 0 Å². The van der Waals surface area contributed by atoms with Gasteiger partial charge in [-0.1, -0.05) is 0 Å². The second-order valence-electron chi connectivity index (χ2n) is 3.71. The van der Waals surface area contributed by atoms with E-state index in [4.69, 9.17) is 11.5 Å². The third-order valence-electron chi connectivity index (χ3n) is 2.46. The lowest BCUT2D eigenvalue weighted by Gasteiger charge is -2.13. The fraction of sp³-hybridized carbons (Fsp3) is 0.875. The van der Waals surface area contributed by atoms with E-state index in [-0.39, 0.29) is 25.2 Å². The summed E-state index contributed by atoms with van der Waals surface area (Å²) in [4.78, 5) is 10.6. The van der Waals surface area contributed by atoms with Gasteiger partial charge < -0.3 is 11.5 Å². The van der Waals surface area contributed by atoms with Crippen LogP contribution in [0.2, 0.25) is 0 Å². The van der Waals surface area contributed by atoms with Crippen molar-refractivity contribution >= 4 is 5.91 Å². The number of carbonyl (C=O) groups excluding carboxylic acids is 1. The Bertz CT molecular complexity index is 208. The van der Waals surface area contributed by atoms with Gasteiger partial charge in [-0.2, -0.15) is 0 Å². The molecule has 1 rings (SSSR count). The van der Waals surface area contributed by atoms with E-state index in [0.29, 0.717) is 6.42 Å². The van der Waals surface area contributed by atoms with E-state index in [1.807, 2.05) is 0 Å². The molecule has 1 aliphatic carbocycles. The maximum absolute atomic E-state index is 12.7. The number of carbonyl (C=O) groups is 1. The molecule has 3 nitrogen and oxygen atoms in total. The number of alkyl halides is 2. The third kappa shape index (κ3) is 2.91. The number of halogens is 2. The zero-order valence-corrected chi connectivity index (χ0v) is 7.30. The lowest BCUT2D eigenvalue weighted by molar-refractivity contribution is -0.119. The zero-order chi connectivity index (χ0) is 10.1. The van der Waals surface area contributed by atoms with Crippen LogP contribution >= 0.6 is 0 Å². The largest absolute Gasteiger partial charge is 0.368 e. The molecule has 1 amide bonds. The molecule has 0 bridgehead atoms. The highest BCUT2D eigenvalue weighted by Gasteiger charge is 2.39. The van der Waals surface area contributed by atoms with E-state index in [2.05, 4.69) is 0 Å². The highest BCUT2D eigenvalue weighted by Crippen LogP contribution is 2.40. The molecule has 1 fully saturated rings. The van der Waals surface area contributed by atoms with Crippen LogP contribution in [-0.2, 0) is 4.79 Å². The summed E-state index contributed by atoms with van der Waals surface area (Å²) in [5.41, 5.74) is 10.3. The summed E-state index contributed by atoms with van der Waals surface area (Å²) in [6.45, 7) is 0. The summed E-state index contributed by atoms with van der Waals surface area (Å²) < 4.78 is 25.4. The number of hydrogen-bond donors (Lipinski definition) is 2. The molecule has 1 aliphatic rings. The first-order valence-corrected chi connectivity index (χ1v) is 4.33. The van der Waals surface area contributed by atoms with Gasteiger partial charge in [0.25, 0.3) is 0 Å². The Morgan fingerprint density at radius 3 is 2.62 bits per heavy atom. The standard InChI is InChI=1S/C8H14F2N2O/c9-8(10)2-1-5(4-8)3-6(11)7(12)13/h5-6H,1-4,11H2,(H2,12,13). The molecule has 2 atom stereocenters. The predicted octanol–water partition coefficient (Wildman–Crippen LogP) is 0.624. The van der Waals surface area contributed by atoms with Crippen molar-refractivity contribution in [3.05, 3.63) is 0 Å². The fourth-order valence-electron chi connectivity index (χ4n) is 1.72. The van der Waals surface area contributed by atoms with Crippen LogP contribution in [0.25, 0.3) is 0 Å². The van der Waals surface area contributed by atoms with Gasteiger partial charge >= 0.3 is 0 Å². The number of rotatable bonds is 3. The maximum Gasteiger partial charge on any atom is 0.248 e. The molecule has 0 aliphatic heterocycles. The average molecular weight is 192 g/mol. The molecule has 0 aromatic carbocycles. The fourth-order valence-corrected chi connectivity index (χ4v) is 1.72. The Balaban J connectivity index is 2.36. The normalized spacial score (nSPS) is 28.7. The van der Waals surface area contributed by atoms with Crippen LogP contribution in [-0.4, -0.2) is 17.9 Å². The van der Waals surface area contributed by atoms with Crippen LogP contribution in [0, 0.1) is 5.92 Å². The van der Waals surface area contributed by atoms with E-state index in [0.717, 1.165) is 0 Å². The van der Waals surface area contributed by atoms with Gasteiger partial charge in [-0.05, 0) is 18.8 Å². The third-order valence-corrected chi connectivity index (χ3v) is 2.46. The first-order chi connectivity index (χ1) is 5.91. The Hall–Kier alpha value is -0.710. The summed E-state index contributed by atoms with van der Waals surface area (Å²) in [6.07, 6.45) is 0.468. The predicted molar refractivity (Wildman–Crippen MR) is 44.1 cm³/mol. The minimum absolute atomic E-state index is 0.0941. The van der Waals surface area contributed by atoms with Crippen molar-refractivity contribution in [1.29, 1.82) is 0 Å². The van der Waals surface area contributed by atoms with Gasteiger partial charge in [0.15, 0.2) is 0 Å². The monoisotopic (exact) mass is 192 g/mol. The van der Waals surface area contributed by atoms with Gasteiger partial charge in [-0.3, -0.25) is 4.79 Å². The quantitative estimate of drug-likeness (QED) is 0.688. The van der Waals surface area contributed by atoms with E-state index in [1.165, 1.54) is 0 Å². The first kappa shape index (κ1) is 10.4. The molecule has 0 heterocycles. The smallest absolute Gasteiger partial charge is 0.248 e. The molecule has 1 saturated carbocycles. The lowest BCUT2D eigenvalue weighted by atomic mass is 9.98. The van der Waals surface area contributed by atoms with E-state index < -0.39 is 17.9 Å². The van der Waals surface area contributed by atoms with Crippen molar-refractivity contribution in [2.24, 2.45) is 17.4 Å². The molecule has 0 radical (unpaired) electrons. The highest BCUT2D eigenvalue weighted by molar-refractivity contribution is 5.79. The molecule has 76 valence electrons. The average Bonchev–Trinajstić information content (AvgIpc) is 2.30. The Morgan fingerprint density at radius 1 is 1.62 bits per heavy atom. The maximum atomic E-state index is 12.7. The summed E-state index contributed by atoms with van der Waals surface area (Å²) in [5.74, 6) is -3.34. The second-order valence-corrected chi connectivity index (χ2v) is 3.71. The van der Waals surface area contributed by atoms with Crippen LogP contribution in [0.4, 0.5) is 8.78 Å². The number of nitrogens with two attached hydrogens (primary N) is 2. The van der Waals surface area contributed by atoms with Crippen molar-refractivity contribution in [3.8, 4) is 0 Å². The molecule has 13 heavy (non-hydrogen) atoms. The molecular weight excluding hydrogens is 178 g/mol. The highest BCUT2D eigenvalue weighted by atomic mass is 19.3. The van der Waals surface area contributed by atoms with E-state index >= 15 is 0 Å². The molecule has 2 unspecified atom stereocenters. The molecule has 0 aromatic rings. The zero-order valence-electron chi connectivity index (χ0n) is 7.30. The van der Waals surface area contributed by atoms with Gasteiger partial charge in [-0.25, -0.2) is 8.78 Å². The lowest BCUT2D eigenvalue weighted by Crippen LogP contribution is -2.37. The summed E-state index contributed by atoms with van der Waals surface area (Å²) in [7, 11) is 0. The second kappa shape index (κ2) is 3.57. The van der Waals surface area contributed by atoms with Gasteiger partial charge in [0.05, 0.1) is 6.04 Å². The summed E-state index contributed by atoms with van der Waals surface area (Å²) >= 11 is 0. The van der Waals surface area contributed by atoms with Crippen LogP contribution in [0.3, 0.4) is 0 Å². The SMILES string of the molecule is NC(=O)C(N)CC1CCC(F)(F)C1. The molecule has 0 aromatic heterocycles. The van der Waals surface area contributed by atoms with E-state index in [9.17, 15) is 13.6 Å². The van der Waals surface area contributed by atoms with E-state index in [1.54, 1.807) is 0 Å². The molecule has 0 spiro atoms. The first-order valence-electron chi connectivity index (χ1n) is 4.33.